The van der Waals surface area contributed by atoms with Gasteiger partial charge in [0.1, 0.15) is 18.5 Å². The van der Waals surface area contributed by atoms with Crippen LogP contribution in [0.3, 0.4) is 0 Å². The van der Waals surface area contributed by atoms with Gasteiger partial charge in [-0.05, 0) is 30.3 Å². The van der Waals surface area contributed by atoms with Gasteiger partial charge in [0.2, 0.25) is 0 Å². The van der Waals surface area contributed by atoms with E-state index in [4.69, 9.17) is 4.74 Å². The molecule has 0 fully saturated rings. The van der Waals surface area contributed by atoms with Crippen LogP contribution in [0.1, 0.15) is 31.8 Å². The average molecular weight is 447 g/mol. The van der Waals surface area contributed by atoms with E-state index in [2.05, 4.69) is 16.7 Å². The Labute approximate surface area is 195 Å². The number of carbonyl (C=O) groups excluding carboxylic acids is 2. The van der Waals surface area contributed by atoms with Crippen molar-refractivity contribution < 1.29 is 19.4 Å². The number of hydrogen-bond donors (Lipinski definition) is 1. The zero-order valence-electron chi connectivity index (χ0n) is 18.3. The number of aliphatic hydroxyl groups is 1. The summed E-state index contributed by atoms with van der Waals surface area (Å²) >= 11 is 0. The maximum absolute atomic E-state index is 12.9. The lowest BCUT2D eigenvalue weighted by Gasteiger charge is -2.19. The quantitative estimate of drug-likeness (QED) is 0.403. The van der Waals surface area contributed by atoms with E-state index >= 15 is 0 Å². The van der Waals surface area contributed by atoms with Crippen molar-refractivity contribution in [2.24, 2.45) is 0 Å². The molecule has 6 rings (SSSR count). The Morgan fingerprint density at radius 1 is 0.676 bits per heavy atom. The highest BCUT2D eigenvalue weighted by Gasteiger charge is 2.29. The molecule has 0 spiro atoms. The average Bonchev–Trinajstić information content (AvgIpc) is 3.19. The van der Waals surface area contributed by atoms with E-state index in [1.165, 1.54) is 0 Å². The number of ether oxygens (including phenoxy) is 1. The van der Waals surface area contributed by atoms with Crippen molar-refractivity contribution in [2.45, 2.75) is 12.6 Å². The first-order valence-electron chi connectivity index (χ1n) is 11.2. The van der Waals surface area contributed by atoms with Crippen molar-refractivity contribution >= 4 is 33.4 Å². The summed E-state index contributed by atoms with van der Waals surface area (Å²) in [5.41, 5.74) is 3.65. The minimum Gasteiger partial charge on any atom is -0.491 e. The van der Waals surface area contributed by atoms with E-state index in [1.54, 1.807) is 42.5 Å². The molecule has 0 saturated heterocycles. The molecular weight excluding hydrogens is 426 g/mol. The van der Waals surface area contributed by atoms with Crippen LogP contribution < -0.4 is 4.74 Å². The Hall–Kier alpha value is -4.22. The zero-order valence-corrected chi connectivity index (χ0v) is 18.3. The summed E-state index contributed by atoms with van der Waals surface area (Å²) in [5.74, 6) is 0.0881. The molecular formula is C29H21NO4. The molecule has 1 aromatic heterocycles. The number of aliphatic hydroxyl groups excluding tert-OH is 1. The molecule has 4 aromatic carbocycles. The molecule has 5 nitrogen and oxygen atoms in total. The maximum atomic E-state index is 12.9. The Morgan fingerprint density at radius 2 is 1.21 bits per heavy atom. The predicted octanol–water partition coefficient (Wildman–Crippen LogP) is 5.01. The van der Waals surface area contributed by atoms with Gasteiger partial charge in [-0.1, -0.05) is 60.7 Å². The van der Waals surface area contributed by atoms with Crippen LogP contribution in [0.25, 0.3) is 21.8 Å². The largest absolute Gasteiger partial charge is 0.491 e. The van der Waals surface area contributed by atoms with Crippen LogP contribution in [0.5, 0.6) is 5.75 Å². The maximum Gasteiger partial charge on any atom is 0.194 e. The fraction of sp³-hybridized carbons (Fsp3) is 0.103. The van der Waals surface area contributed by atoms with Gasteiger partial charge >= 0.3 is 0 Å². The van der Waals surface area contributed by atoms with Crippen molar-refractivity contribution in [1.82, 2.24) is 4.57 Å². The van der Waals surface area contributed by atoms with Crippen molar-refractivity contribution in [1.29, 1.82) is 0 Å². The molecule has 0 aliphatic heterocycles. The van der Waals surface area contributed by atoms with Crippen molar-refractivity contribution in [3.63, 3.8) is 0 Å². The predicted molar refractivity (Wildman–Crippen MR) is 131 cm³/mol. The Bertz CT molecular complexity index is 1540. The SMILES string of the molecule is O=C1c2ccccc2C(=O)c2cc(OCC(O)Cn3c4ccccc4c4ccccc43)ccc21. The van der Waals surface area contributed by atoms with Gasteiger partial charge in [0, 0.05) is 44.1 Å². The molecule has 5 heteroatoms. The van der Waals surface area contributed by atoms with E-state index in [0.717, 1.165) is 21.8 Å². The van der Waals surface area contributed by atoms with Gasteiger partial charge in [0.05, 0.1) is 6.54 Å². The van der Waals surface area contributed by atoms with E-state index in [-0.39, 0.29) is 18.2 Å². The highest BCUT2D eigenvalue weighted by molar-refractivity contribution is 6.28. The molecule has 1 aliphatic carbocycles. The summed E-state index contributed by atoms with van der Waals surface area (Å²) in [4.78, 5) is 25.7. The molecule has 1 N–H and O–H groups in total. The van der Waals surface area contributed by atoms with Gasteiger partial charge < -0.3 is 14.4 Å². The molecule has 1 aliphatic rings. The molecule has 34 heavy (non-hydrogen) atoms. The van der Waals surface area contributed by atoms with E-state index < -0.39 is 6.10 Å². The van der Waals surface area contributed by atoms with Gasteiger partial charge in [-0.3, -0.25) is 9.59 Å². The molecule has 0 saturated carbocycles. The molecule has 0 radical (unpaired) electrons. The van der Waals surface area contributed by atoms with E-state index in [9.17, 15) is 14.7 Å². The fourth-order valence-electron chi connectivity index (χ4n) is 4.82. The normalized spacial score (nSPS) is 13.7. The topological polar surface area (TPSA) is 68.5 Å². The summed E-state index contributed by atoms with van der Waals surface area (Å²) < 4.78 is 7.95. The first-order valence-corrected chi connectivity index (χ1v) is 11.2. The molecule has 1 unspecified atom stereocenters. The van der Waals surface area contributed by atoms with Gasteiger partial charge in [0.25, 0.3) is 0 Å². The first kappa shape index (κ1) is 20.4. The van der Waals surface area contributed by atoms with Crippen LogP contribution >= 0.6 is 0 Å². The summed E-state index contributed by atoms with van der Waals surface area (Å²) in [6.07, 6.45) is -0.770. The first-order chi connectivity index (χ1) is 16.6. The highest BCUT2D eigenvalue weighted by Crippen LogP contribution is 2.31. The second kappa shape index (κ2) is 7.97. The standard InChI is InChI=1S/C29H21NO4/c31-18(16-30-26-11-5-3-7-20(26)21-8-4-6-12-27(21)30)17-34-19-13-14-24-25(15-19)29(33)23-10-2-1-9-22(23)28(24)32/h1-15,18,31H,16-17H2. The van der Waals surface area contributed by atoms with Crippen molar-refractivity contribution in [2.75, 3.05) is 6.61 Å². The van der Waals surface area contributed by atoms with Crippen LogP contribution in [0.15, 0.2) is 91.0 Å². The molecule has 1 atom stereocenters. The minimum absolute atomic E-state index is 0.0539. The second-order valence-electron chi connectivity index (χ2n) is 8.52. The van der Waals surface area contributed by atoms with Crippen molar-refractivity contribution in [3.8, 4) is 5.75 Å². The number of nitrogens with zero attached hydrogens (tertiary/aromatic N) is 1. The monoisotopic (exact) mass is 447 g/mol. The number of para-hydroxylation sites is 2. The third-order valence-corrected chi connectivity index (χ3v) is 6.41. The fourth-order valence-corrected chi connectivity index (χ4v) is 4.82. The number of rotatable bonds is 5. The number of aromatic nitrogens is 1. The number of carbonyl (C=O) groups is 2. The number of benzene rings is 4. The third-order valence-electron chi connectivity index (χ3n) is 6.41. The Balaban J connectivity index is 1.23. The van der Waals surface area contributed by atoms with Crippen LogP contribution in [-0.2, 0) is 6.54 Å². The number of hydrogen-bond acceptors (Lipinski definition) is 4. The van der Waals surface area contributed by atoms with Gasteiger partial charge in [0.15, 0.2) is 11.6 Å². The highest BCUT2D eigenvalue weighted by atomic mass is 16.5. The van der Waals surface area contributed by atoms with E-state index in [0.29, 0.717) is 34.5 Å². The Morgan fingerprint density at radius 3 is 1.85 bits per heavy atom. The Kier molecular flexibility index (Phi) is 4.78. The molecule has 166 valence electrons. The molecule has 0 amide bonds. The summed E-state index contributed by atoms with van der Waals surface area (Å²) in [6.45, 7) is 0.419. The van der Waals surface area contributed by atoms with Crippen molar-refractivity contribution in [3.05, 3.63) is 113 Å². The zero-order chi connectivity index (χ0) is 23.2. The number of fused-ring (bicyclic) bond motifs is 5. The lowest BCUT2D eigenvalue weighted by Crippen LogP contribution is -2.24. The van der Waals surface area contributed by atoms with Gasteiger partial charge in [-0.25, -0.2) is 0 Å². The van der Waals surface area contributed by atoms with Gasteiger partial charge in [-0.15, -0.1) is 0 Å². The lowest BCUT2D eigenvalue weighted by atomic mass is 9.84. The number of ketones is 2. The molecule has 0 bridgehead atoms. The summed E-state index contributed by atoms with van der Waals surface area (Å²) in [6, 6.07) is 28.0. The van der Waals surface area contributed by atoms with Gasteiger partial charge in [-0.2, -0.15) is 0 Å². The molecule has 1 heterocycles. The summed E-state index contributed by atoms with van der Waals surface area (Å²) in [7, 11) is 0. The van der Waals surface area contributed by atoms with E-state index in [1.807, 2.05) is 36.4 Å². The molecule has 5 aromatic rings. The summed E-state index contributed by atoms with van der Waals surface area (Å²) in [5, 5.41) is 13.1. The van der Waals surface area contributed by atoms with Crippen LogP contribution in [0.2, 0.25) is 0 Å². The lowest BCUT2D eigenvalue weighted by molar-refractivity contribution is 0.0938. The third kappa shape index (κ3) is 3.21. The minimum atomic E-state index is -0.770. The van der Waals surface area contributed by atoms with Crippen LogP contribution in [0.4, 0.5) is 0 Å². The van der Waals surface area contributed by atoms with Crippen LogP contribution in [-0.4, -0.2) is 34.0 Å². The second-order valence-corrected chi connectivity index (χ2v) is 8.52. The van der Waals surface area contributed by atoms with Crippen LogP contribution in [0, 0.1) is 0 Å². The smallest absolute Gasteiger partial charge is 0.194 e.